The first-order chi connectivity index (χ1) is 17.9. The molecule has 1 heterocycles. The Labute approximate surface area is 224 Å². The van der Waals surface area contributed by atoms with Gasteiger partial charge in [0.2, 0.25) is 11.8 Å². The lowest BCUT2D eigenvalue weighted by molar-refractivity contribution is -0.145. The standard InChI is InChI=1S/C30H51N3O4/c1-4-5-6-7-8-9-10-11-13-16-28(34)33-27(23-25(2)3)30(36)32-20-15-12-14-17-29(35)37-24-26-18-21-31-22-19-26/h18-19,21-22,25,27H,4-17,20,23-24H2,1-3H3,(H,32,36)(H,33,34). The molecule has 37 heavy (non-hydrogen) atoms. The van der Waals surface area contributed by atoms with Crippen molar-refractivity contribution in [3.8, 4) is 0 Å². The van der Waals surface area contributed by atoms with Crippen molar-refractivity contribution < 1.29 is 19.1 Å². The number of esters is 1. The molecule has 0 radical (unpaired) electrons. The molecule has 2 N–H and O–H groups in total. The van der Waals surface area contributed by atoms with Gasteiger partial charge < -0.3 is 15.4 Å². The molecule has 1 atom stereocenters. The van der Waals surface area contributed by atoms with Crippen LogP contribution in [-0.4, -0.2) is 35.4 Å². The van der Waals surface area contributed by atoms with E-state index in [0.29, 0.717) is 31.7 Å². The van der Waals surface area contributed by atoms with E-state index in [-0.39, 0.29) is 24.4 Å². The lowest BCUT2D eigenvalue weighted by Crippen LogP contribution is -2.47. The molecule has 7 heteroatoms. The van der Waals surface area contributed by atoms with Gasteiger partial charge in [-0.25, -0.2) is 0 Å². The molecule has 0 aliphatic heterocycles. The van der Waals surface area contributed by atoms with Crippen LogP contribution in [0.1, 0.15) is 123 Å². The molecular formula is C30H51N3O4. The van der Waals surface area contributed by atoms with E-state index in [1.54, 1.807) is 12.4 Å². The average molecular weight is 518 g/mol. The molecular weight excluding hydrogens is 466 g/mol. The maximum Gasteiger partial charge on any atom is 0.306 e. The first-order valence-electron chi connectivity index (χ1n) is 14.5. The van der Waals surface area contributed by atoms with Gasteiger partial charge in [-0.3, -0.25) is 19.4 Å². The first-order valence-corrected chi connectivity index (χ1v) is 14.5. The number of rotatable bonds is 22. The largest absolute Gasteiger partial charge is 0.461 e. The van der Waals surface area contributed by atoms with Gasteiger partial charge in [-0.05, 0) is 49.3 Å². The van der Waals surface area contributed by atoms with Gasteiger partial charge in [-0.15, -0.1) is 0 Å². The van der Waals surface area contributed by atoms with Crippen LogP contribution < -0.4 is 10.6 Å². The smallest absolute Gasteiger partial charge is 0.306 e. The number of carbonyl (C=O) groups excluding carboxylic acids is 3. The minimum atomic E-state index is -0.491. The van der Waals surface area contributed by atoms with Crippen LogP contribution in [0.2, 0.25) is 0 Å². The van der Waals surface area contributed by atoms with Crippen molar-refractivity contribution in [1.82, 2.24) is 15.6 Å². The molecule has 0 aliphatic carbocycles. The van der Waals surface area contributed by atoms with Crippen molar-refractivity contribution >= 4 is 17.8 Å². The summed E-state index contributed by atoms with van der Waals surface area (Å²) in [5, 5.41) is 5.91. The number of unbranched alkanes of at least 4 members (excludes halogenated alkanes) is 10. The van der Waals surface area contributed by atoms with Crippen LogP contribution in [0.5, 0.6) is 0 Å². The van der Waals surface area contributed by atoms with Gasteiger partial charge in [-0.2, -0.15) is 0 Å². The highest BCUT2D eigenvalue weighted by atomic mass is 16.5. The second-order valence-electron chi connectivity index (χ2n) is 10.4. The van der Waals surface area contributed by atoms with Crippen LogP contribution in [0, 0.1) is 5.92 Å². The van der Waals surface area contributed by atoms with E-state index in [4.69, 9.17) is 4.74 Å². The van der Waals surface area contributed by atoms with Crippen LogP contribution >= 0.6 is 0 Å². The summed E-state index contributed by atoms with van der Waals surface area (Å²) in [6.45, 7) is 7.14. The molecule has 0 spiro atoms. The van der Waals surface area contributed by atoms with Crippen molar-refractivity contribution in [2.45, 2.75) is 130 Å². The molecule has 0 saturated heterocycles. The SMILES string of the molecule is CCCCCCCCCCCC(=O)NC(CC(C)C)C(=O)NCCCCCC(=O)OCc1ccncc1. The van der Waals surface area contributed by atoms with E-state index in [1.807, 2.05) is 12.1 Å². The first kappa shape index (κ1) is 32.6. The summed E-state index contributed by atoms with van der Waals surface area (Å²) in [5.41, 5.74) is 0.919. The fourth-order valence-corrected chi connectivity index (χ4v) is 4.19. The lowest BCUT2D eigenvalue weighted by atomic mass is 10.0. The molecule has 210 valence electrons. The van der Waals surface area contributed by atoms with Gasteiger partial charge in [0.1, 0.15) is 12.6 Å². The minimum Gasteiger partial charge on any atom is -0.461 e. The van der Waals surface area contributed by atoms with Gasteiger partial charge in [0, 0.05) is 31.8 Å². The Morgan fingerprint density at radius 3 is 2.08 bits per heavy atom. The summed E-state index contributed by atoms with van der Waals surface area (Å²) in [4.78, 5) is 40.9. The summed E-state index contributed by atoms with van der Waals surface area (Å²) in [7, 11) is 0. The Bertz CT molecular complexity index is 740. The third-order valence-electron chi connectivity index (χ3n) is 6.37. The third-order valence-corrected chi connectivity index (χ3v) is 6.37. The van der Waals surface area contributed by atoms with Crippen molar-refractivity contribution in [3.05, 3.63) is 30.1 Å². The highest BCUT2D eigenvalue weighted by Crippen LogP contribution is 2.11. The number of nitrogens with one attached hydrogen (secondary N) is 2. The van der Waals surface area contributed by atoms with Gasteiger partial charge >= 0.3 is 5.97 Å². The summed E-state index contributed by atoms with van der Waals surface area (Å²) in [6, 6.07) is 3.15. The van der Waals surface area contributed by atoms with Crippen molar-refractivity contribution in [3.63, 3.8) is 0 Å². The van der Waals surface area contributed by atoms with Crippen LogP contribution in [0.25, 0.3) is 0 Å². The second-order valence-corrected chi connectivity index (χ2v) is 10.4. The molecule has 7 nitrogen and oxygen atoms in total. The van der Waals surface area contributed by atoms with E-state index in [2.05, 4.69) is 36.4 Å². The topological polar surface area (TPSA) is 97.4 Å². The fourth-order valence-electron chi connectivity index (χ4n) is 4.19. The maximum absolute atomic E-state index is 12.7. The highest BCUT2D eigenvalue weighted by molar-refractivity contribution is 5.87. The quantitative estimate of drug-likeness (QED) is 0.140. The zero-order valence-electron chi connectivity index (χ0n) is 23.6. The van der Waals surface area contributed by atoms with Gasteiger partial charge in [-0.1, -0.05) is 78.6 Å². The molecule has 0 aromatic carbocycles. The monoisotopic (exact) mass is 517 g/mol. The Morgan fingerprint density at radius 2 is 1.43 bits per heavy atom. The molecule has 1 aromatic heterocycles. The predicted octanol–water partition coefficient (Wildman–Crippen LogP) is 6.25. The summed E-state index contributed by atoms with van der Waals surface area (Å²) < 4.78 is 5.27. The number of pyridine rings is 1. The number of hydrogen-bond acceptors (Lipinski definition) is 5. The Balaban J connectivity index is 2.15. The molecule has 0 fully saturated rings. The average Bonchev–Trinajstić information content (AvgIpc) is 2.88. The molecule has 1 unspecified atom stereocenters. The Morgan fingerprint density at radius 1 is 0.838 bits per heavy atom. The van der Waals surface area contributed by atoms with Gasteiger partial charge in [0.05, 0.1) is 0 Å². The predicted molar refractivity (Wildman–Crippen MR) is 149 cm³/mol. The number of carbonyl (C=O) groups is 3. The summed E-state index contributed by atoms with van der Waals surface area (Å²) in [6.07, 6.45) is 18.1. The van der Waals surface area contributed by atoms with E-state index in [1.165, 1.54) is 44.9 Å². The maximum atomic E-state index is 12.7. The van der Waals surface area contributed by atoms with E-state index >= 15 is 0 Å². The molecule has 1 aromatic rings. The molecule has 0 saturated carbocycles. The Hall–Kier alpha value is -2.44. The summed E-state index contributed by atoms with van der Waals surface area (Å²) in [5.74, 6) is -0.0608. The normalized spacial score (nSPS) is 11.8. The minimum absolute atomic E-state index is 0.0333. The van der Waals surface area contributed by atoms with E-state index < -0.39 is 6.04 Å². The molecule has 1 rings (SSSR count). The van der Waals surface area contributed by atoms with Crippen LogP contribution in [0.15, 0.2) is 24.5 Å². The van der Waals surface area contributed by atoms with Gasteiger partial charge in [0.15, 0.2) is 0 Å². The number of amides is 2. The zero-order valence-corrected chi connectivity index (χ0v) is 23.6. The van der Waals surface area contributed by atoms with Crippen LogP contribution in [-0.2, 0) is 25.7 Å². The fraction of sp³-hybridized carbons (Fsp3) is 0.733. The van der Waals surface area contributed by atoms with E-state index in [0.717, 1.165) is 37.7 Å². The number of hydrogen-bond donors (Lipinski definition) is 2. The molecule has 0 aliphatic rings. The second kappa shape index (κ2) is 21.6. The number of ether oxygens (including phenoxy) is 1. The summed E-state index contributed by atoms with van der Waals surface area (Å²) >= 11 is 0. The third kappa shape index (κ3) is 18.5. The van der Waals surface area contributed by atoms with Crippen LogP contribution in [0.4, 0.5) is 0 Å². The van der Waals surface area contributed by atoms with E-state index in [9.17, 15) is 14.4 Å². The Kier molecular flexibility index (Phi) is 19.0. The van der Waals surface area contributed by atoms with Crippen molar-refractivity contribution in [2.75, 3.05) is 6.54 Å². The highest BCUT2D eigenvalue weighted by Gasteiger charge is 2.21. The van der Waals surface area contributed by atoms with Crippen molar-refractivity contribution in [1.29, 1.82) is 0 Å². The molecule has 0 bridgehead atoms. The lowest BCUT2D eigenvalue weighted by Gasteiger charge is -2.20. The zero-order chi connectivity index (χ0) is 27.1. The number of aromatic nitrogens is 1. The number of nitrogens with zero attached hydrogens (tertiary/aromatic N) is 1. The van der Waals surface area contributed by atoms with Gasteiger partial charge in [0.25, 0.3) is 0 Å². The van der Waals surface area contributed by atoms with Crippen molar-refractivity contribution in [2.24, 2.45) is 5.92 Å². The molecule has 2 amide bonds. The van der Waals surface area contributed by atoms with Crippen LogP contribution in [0.3, 0.4) is 0 Å².